The van der Waals surface area contributed by atoms with E-state index in [4.69, 9.17) is 16.6 Å². The third-order valence-corrected chi connectivity index (χ3v) is 6.73. The van der Waals surface area contributed by atoms with Gasteiger partial charge in [-0.25, -0.2) is 4.98 Å². The minimum absolute atomic E-state index is 0.774. The van der Waals surface area contributed by atoms with E-state index in [1.165, 1.54) is 35.6 Å². The van der Waals surface area contributed by atoms with Gasteiger partial charge in [-0.15, -0.1) is 22.7 Å². The van der Waals surface area contributed by atoms with Crippen LogP contribution in [0.2, 0.25) is 5.02 Å². The van der Waals surface area contributed by atoms with Crippen LogP contribution in [0.1, 0.15) is 31.1 Å². The quantitative estimate of drug-likeness (QED) is 0.791. The number of nitrogens with zero attached hydrogens (tertiary/aromatic N) is 2. The number of anilines is 1. The molecule has 2 aromatic rings. The van der Waals surface area contributed by atoms with E-state index in [2.05, 4.69) is 17.1 Å². The summed E-state index contributed by atoms with van der Waals surface area (Å²) in [5, 5.41) is 6.95. The molecule has 120 valence electrons. The van der Waals surface area contributed by atoms with Crippen molar-refractivity contribution >= 4 is 39.4 Å². The predicted molar refractivity (Wildman–Crippen MR) is 98.6 cm³/mol. The number of thiazole rings is 1. The first-order valence-electron chi connectivity index (χ1n) is 7.87. The maximum atomic E-state index is 6.08. The van der Waals surface area contributed by atoms with Crippen molar-refractivity contribution in [3.8, 4) is 10.6 Å². The van der Waals surface area contributed by atoms with Crippen molar-refractivity contribution in [2.75, 3.05) is 25.5 Å². The number of nitrogens with one attached hydrogen (secondary N) is 1. The van der Waals surface area contributed by atoms with Gasteiger partial charge in [0.1, 0.15) is 0 Å². The maximum Gasteiger partial charge on any atom is 0.183 e. The van der Waals surface area contributed by atoms with Crippen LogP contribution in [0, 0.1) is 0 Å². The molecular formula is C16H22ClN3S2. The van der Waals surface area contributed by atoms with Gasteiger partial charge in [-0.2, -0.15) is 0 Å². The van der Waals surface area contributed by atoms with E-state index in [0.717, 1.165) is 34.9 Å². The van der Waals surface area contributed by atoms with Crippen LogP contribution in [0.5, 0.6) is 0 Å². The van der Waals surface area contributed by atoms with Crippen LogP contribution >= 0.6 is 34.3 Å². The van der Waals surface area contributed by atoms with E-state index in [0.29, 0.717) is 0 Å². The molecule has 2 aromatic heterocycles. The Morgan fingerprint density at radius 3 is 3.05 bits per heavy atom. The Labute approximate surface area is 145 Å². The molecule has 22 heavy (non-hydrogen) atoms. The second kappa shape index (κ2) is 7.30. The van der Waals surface area contributed by atoms with Gasteiger partial charge in [-0.3, -0.25) is 0 Å². The van der Waals surface area contributed by atoms with Gasteiger partial charge < -0.3 is 10.2 Å². The Balaban J connectivity index is 1.76. The van der Waals surface area contributed by atoms with E-state index in [1.807, 2.05) is 18.5 Å². The van der Waals surface area contributed by atoms with Crippen molar-refractivity contribution in [1.29, 1.82) is 0 Å². The minimum atomic E-state index is 0.774. The van der Waals surface area contributed by atoms with Crippen LogP contribution in [0.25, 0.3) is 10.6 Å². The van der Waals surface area contributed by atoms with E-state index in [-0.39, 0.29) is 0 Å². The summed E-state index contributed by atoms with van der Waals surface area (Å²) in [5.74, 6) is 0. The molecule has 0 bridgehead atoms. The minimum Gasteiger partial charge on any atom is -0.365 e. The second-order valence-corrected chi connectivity index (χ2v) is 8.09. The summed E-state index contributed by atoms with van der Waals surface area (Å²) < 4.78 is 0. The summed E-state index contributed by atoms with van der Waals surface area (Å²) in [6, 6.07) is 2.80. The number of rotatable bonds is 6. The van der Waals surface area contributed by atoms with Crippen LogP contribution in [-0.4, -0.2) is 36.1 Å². The molecule has 0 aliphatic carbocycles. The molecule has 1 aliphatic rings. The first-order chi connectivity index (χ1) is 10.7. The topological polar surface area (TPSA) is 28.2 Å². The normalized spacial score (nSPS) is 19.0. The van der Waals surface area contributed by atoms with Crippen LogP contribution in [0.4, 0.5) is 5.13 Å². The fourth-order valence-electron chi connectivity index (χ4n) is 3.15. The number of halogens is 1. The number of hydrogen-bond donors (Lipinski definition) is 1. The summed E-state index contributed by atoms with van der Waals surface area (Å²) in [6.07, 6.45) is 5.03. The molecule has 1 atom stereocenters. The van der Waals surface area contributed by atoms with Crippen LogP contribution < -0.4 is 5.32 Å². The summed E-state index contributed by atoms with van der Waals surface area (Å²) >= 11 is 9.53. The van der Waals surface area contributed by atoms with Gasteiger partial charge in [0.15, 0.2) is 5.13 Å². The molecule has 0 radical (unpaired) electrons. The summed E-state index contributed by atoms with van der Waals surface area (Å²) in [6.45, 7) is 4.68. The zero-order valence-corrected chi connectivity index (χ0v) is 15.5. The highest BCUT2D eigenvalue weighted by atomic mass is 35.5. The summed E-state index contributed by atoms with van der Waals surface area (Å²) in [5.41, 5.74) is 1.11. The van der Waals surface area contributed by atoms with Gasteiger partial charge in [0.05, 0.1) is 15.6 Å². The molecule has 6 heteroatoms. The Kier molecular flexibility index (Phi) is 5.39. The molecule has 1 unspecified atom stereocenters. The van der Waals surface area contributed by atoms with E-state index < -0.39 is 0 Å². The number of hydrogen-bond acceptors (Lipinski definition) is 5. The van der Waals surface area contributed by atoms with Crippen molar-refractivity contribution in [3.63, 3.8) is 0 Å². The van der Waals surface area contributed by atoms with E-state index in [1.54, 1.807) is 22.7 Å². The SMILES string of the molecule is CCC1CCCN1CCc1sc(NC)nc1-c1cc(Cl)cs1. The van der Waals surface area contributed by atoms with Gasteiger partial charge >= 0.3 is 0 Å². The fraction of sp³-hybridized carbons (Fsp3) is 0.562. The number of likely N-dealkylation sites (tertiary alicyclic amines) is 1. The Bertz CT molecular complexity index is 623. The van der Waals surface area contributed by atoms with Gasteiger partial charge in [0.25, 0.3) is 0 Å². The monoisotopic (exact) mass is 355 g/mol. The highest BCUT2D eigenvalue weighted by molar-refractivity contribution is 7.17. The summed E-state index contributed by atoms with van der Waals surface area (Å²) in [4.78, 5) is 9.92. The molecular weight excluding hydrogens is 334 g/mol. The Hall–Kier alpha value is -0.620. The zero-order valence-electron chi connectivity index (χ0n) is 13.1. The van der Waals surface area contributed by atoms with Crippen LogP contribution in [-0.2, 0) is 6.42 Å². The van der Waals surface area contributed by atoms with Crippen molar-refractivity contribution in [2.45, 2.75) is 38.6 Å². The lowest BCUT2D eigenvalue weighted by Gasteiger charge is -2.22. The second-order valence-electron chi connectivity index (χ2n) is 5.66. The van der Waals surface area contributed by atoms with Gasteiger partial charge in [0, 0.05) is 29.9 Å². The third kappa shape index (κ3) is 3.48. The largest absolute Gasteiger partial charge is 0.365 e. The Morgan fingerprint density at radius 2 is 2.36 bits per heavy atom. The van der Waals surface area contributed by atoms with Crippen molar-refractivity contribution < 1.29 is 0 Å². The molecule has 0 aromatic carbocycles. The van der Waals surface area contributed by atoms with Crippen LogP contribution in [0.3, 0.4) is 0 Å². The smallest absolute Gasteiger partial charge is 0.183 e. The molecule has 0 saturated carbocycles. The van der Waals surface area contributed by atoms with E-state index in [9.17, 15) is 0 Å². The number of aromatic nitrogens is 1. The third-order valence-electron chi connectivity index (χ3n) is 4.31. The average Bonchev–Trinajstić information content (AvgIpc) is 3.23. The molecule has 0 amide bonds. The van der Waals surface area contributed by atoms with Crippen LogP contribution in [0.15, 0.2) is 11.4 Å². The predicted octanol–water partition coefficient (Wildman–Crippen LogP) is 4.98. The first kappa shape index (κ1) is 16.2. The lowest BCUT2D eigenvalue weighted by atomic mass is 10.1. The lowest BCUT2D eigenvalue weighted by Crippen LogP contribution is -2.30. The average molecular weight is 356 g/mol. The molecule has 1 N–H and O–H groups in total. The molecule has 3 rings (SSSR count). The lowest BCUT2D eigenvalue weighted by molar-refractivity contribution is 0.252. The van der Waals surface area contributed by atoms with Gasteiger partial charge in [-0.1, -0.05) is 18.5 Å². The highest BCUT2D eigenvalue weighted by Crippen LogP contribution is 2.36. The standard InChI is InChI=1S/C16H22ClN3S2/c1-3-12-5-4-7-20(12)8-6-13-15(19-16(18-2)22-13)14-9-11(17)10-21-14/h9-10,12H,3-8H2,1-2H3,(H,18,19). The molecule has 0 spiro atoms. The molecule has 3 nitrogen and oxygen atoms in total. The van der Waals surface area contributed by atoms with Crippen molar-refractivity contribution in [3.05, 3.63) is 21.3 Å². The van der Waals surface area contributed by atoms with Gasteiger partial charge in [-0.05, 0) is 38.3 Å². The number of thiophene rings is 1. The molecule has 1 fully saturated rings. The van der Waals surface area contributed by atoms with Gasteiger partial charge in [0.2, 0.25) is 0 Å². The highest BCUT2D eigenvalue weighted by Gasteiger charge is 2.23. The zero-order chi connectivity index (χ0) is 15.5. The molecule has 1 aliphatic heterocycles. The first-order valence-corrected chi connectivity index (χ1v) is 9.94. The fourth-order valence-corrected chi connectivity index (χ4v) is 5.23. The van der Waals surface area contributed by atoms with E-state index >= 15 is 0 Å². The van der Waals surface area contributed by atoms with Crippen molar-refractivity contribution in [2.24, 2.45) is 0 Å². The summed E-state index contributed by atoms with van der Waals surface area (Å²) in [7, 11) is 1.93. The molecule has 3 heterocycles. The maximum absolute atomic E-state index is 6.08. The Morgan fingerprint density at radius 1 is 1.50 bits per heavy atom. The molecule has 1 saturated heterocycles. The van der Waals surface area contributed by atoms with Crippen molar-refractivity contribution in [1.82, 2.24) is 9.88 Å².